The predicted octanol–water partition coefficient (Wildman–Crippen LogP) is 2.11. The normalized spacial score (nSPS) is 19.2. The fraction of sp³-hybridized carbons (Fsp3) is 0.533. The molecule has 0 aromatic heterocycles. The Labute approximate surface area is 117 Å². The summed E-state index contributed by atoms with van der Waals surface area (Å²) in [6.07, 6.45) is 2.27. The zero-order chi connectivity index (χ0) is 14.2. The van der Waals surface area contributed by atoms with Crippen LogP contribution >= 0.6 is 0 Å². The van der Waals surface area contributed by atoms with Gasteiger partial charge in [-0.1, -0.05) is 12.5 Å². The Morgan fingerprint density at radius 1 is 1.35 bits per heavy atom. The molecule has 1 saturated carbocycles. The van der Waals surface area contributed by atoms with Crippen LogP contribution in [0, 0.1) is 0 Å². The molecule has 108 valence electrons. The van der Waals surface area contributed by atoms with Crippen LogP contribution in [-0.2, 0) is 21.6 Å². The number of fused-ring (bicyclic) bond motifs is 1. The lowest BCUT2D eigenvalue weighted by molar-refractivity contribution is -0.147. The standard InChI is InChI=1S/C15H18O5/c1-18-9-10-11(15(14(16)17)5-2-6-15)3-4-12-13(10)20-8-7-19-12/h3-4H,2,5-9H2,1H3,(H,16,17). The minimum Gasteiger partial charge on any atom is -0.486 e. The Balaban J connectivity index is 2.12. The van der Waals surface area contributed by atoms with Crippen LogP contribution in [0.15, 0.2) is 12.1 Å². The molecule has 1 aliphatic carbocycles. The van der Waals surface area contributed by atoms with Gasteiger partial charge in [0, 0.05) is 12.7 Å². The summed E-state index contributed by atoms with van der Waals surface area (Å²) in [4.78, 5) is 11.7. The van der Waals surface area contributed by atoms with E-state index >= 15 is 0 Å². The molecule has 1 fully saturated rings. The molecule has 5 heteroatoms. The van der Waals surface area contributed by atoms with Gasteiger partial charge in [-0.15, -0.1) is 0 Å². The molecular weight excluding hydrogens is 260 g/mol. The third-order valence-corrected chi connectivity index (χ3v) is 4.23. The first-order valence-corrected chi connectivity index (χ1v) is 6.83. The van der Waals surface area contributed by atoms with E-state index in [4.69, 9.17) is 14.2 Å². The maximum absolute atomic E-state index is 11.7. The van der Waals surface area contributed by atoms with Crippen LogP contribution in [-0.4, -0.2) is 31.4 Å². The van der Waals surface area contributed by atoms with Crippen LogP contribution in [0.2, 0.25) is 0 Å². The van der Waals surface area contributed by atoms with Crippen molar-refractivity contribution in [2.24, 2.45) is 0 Å². The highest BCUT2D eigenvalue weighted by Crippen LogP contribution is 2.49. The number of ether oxygens (including phenoxy) is 3. The van der Waals surface area contributed by atoms with Crippen molar-refractivity contribution in [3.63, 3.8) is 0 Å². The van der Waals surface area contributed by atoms with Crippen molar-refractivity contribution < 1.29 is 24.1 Å². The van der Waals surface area contributed by atoms with Gasteiger partial charge >= 0.3 is 5.97 Å². The van der Waals surface area contributed by atoms with Crippen molar-refractivity contribution in [1.82, 2.24) is 0 Å². The van der Waals surface area contributed by atoms with Gasteiger partial charge in [0.25, 0.3) is 0 Å². The van der Waals surface area contributed by atoms with Gasteiger partial charge in [0.05, 0.1) is 12.0 Å². The minimum absolute atomic E-state index is 0.330. The van der Waals surface area contributed by atoms with Gasteiger partial charge in [0.15, 0.2) is 11.5 Å². The van der Waals surface area contributed by atoms with Crippen molar-refractivity contribution in [1.29, 1.82) is 0 Å². The first kappa shape index (κ1) is 13.2. The van der Waals surface area contributed by atoms with E-state index in [1.54, 1.807) is 7.11 Å². The number of carbonyl (C=O) groups is 1. The van der Waals surface area contributed by atoms with E-state index in [0.29, 0.717) is 44.2 Å². The Kier molecular flexibility index (Phi) is 3.30. The summed E-state index contributed by atoms with van der Waals surface area (Å²) in [5.41, 5.74) is 0.832. The zero-order valence-electron chi connectivity index (χ0n) is 11.5. The number of hydrogen-bond donors (Lipinski definition) is 1. The topological polar surface area (TPSA) is 65.0 Å². The fourth-order valence-corrected chi connectivity index (χ4v) is 3.04. The van der Waals surface area contributed by atoms with Crippen molar-refractivity contribution in [3.8, 4) is 11.5 Å². The SMILES string of the molecule is COCc1c(C2(C(=O)O)CCC2)ccc2c1OCCO2. The Morgan fingerprint density at radius 2 is 2.10 bits per heavy atom. The molecule has 0 spiro atoms. The highest BCUT2D eigenvalue weighted by atomic mass is 16.6. The second kappa shape index (κ2) is 4.98. The Morgan fingerprint density at radius 3 is 2.70 bits per heavy atom. The lowest BCUT2D eigenvalue weighted by Crippen LogP contribution is -2.43. The maximum atomic E-state index is 11.7. The summed E-state index contributed by atoms with van der Waals surface area (Å²) < 4.78 is 16.5. The lowest BCUT2D eigenvalue weighted by atomic mass is 9.63. The Hall–Kier alpha value is -1.75. The van der Waals surface area contributed by atoms with Crippen molar-refractivity contribution in [2.45, 2.75) is 31.3 Å². The fourth-order valence-electron chi connectivity index (χ4n) is 3.04. The first-order chi connectivity index (χ1) is 9.69. The molecule has 0 unspecified atom stereocenters. The van der Waals surface area contributed by atoms with Gasteiger partial charge in [0.2, 0.25) is 0 Å². The smallest absolute Gasteiger partial charge is 0.314 e. The molecule has 1 aliphatic heterocycles. The molecule has 20 heavy (non-hydrogen) atoms. The van der Waals surface area contributed by atoms with Crippen LogP contribution < -0.4 is 9.47 Å². The molecule has 0 radical (unpaired) electrons. The number of methoxy groups -OCH3 is 1. The number of rotatable bonds is 4. The van der Waals surface area contributed by atoms with Gasteiger partial charge in [0.1, 0.15) is 13.2 Å². The number of carboxylic acids is 1. The van der Waals surface area contributed by atoms with Crippen LogP contribution in [0.3, 0.4) is 0 Å². The van der Waals surface area contributed by atoms with Gasteiger partial charge in [-0.05, 0) is 24.5 Å². The lowest BCUT2D eigenvalue weighted by Gasteiger charge is -2.40. The molecule has 1 aromatic rings. The monoisotopic (exact) mass is 278 g/mol. The number of carboxylic acid groups (broad SMARTS) is 1. The highest BCUT2D eigenvalue weighted by molar-refractivity contribution is 5.83. The Bertz CT molecular complexity index is 533. The average Bonchev–Trinajstić information content (AvgIpc) is 2.39. The van der Waals surface area contributed by atoms with E-state index < -0.39 is 11.4 Å². The van der Waals surface area contributed by atoms with Crippen molar-refractivity contribution >= 4 is 5.97 Å². The third-order valence-electron chi connectivity index (χ3n) is 4.23. The third kappa shape index (κ3) is 1.85. The molecule has 3 rings (SSSR count). The minimum atomic E-state index is -0.788. The molecule has 1 heterocycles. The van der Waals surface area contributed by atoms with Gasteiger partial charge in [-0.3, -0.25) is 4.79 Å². The average molecular weight is 278 g/mol. The second-order valence-corrected chi connectivity index (χ2v) is 5.29. The summed E-state index contributed by atoms with van der Waals surface area (Å²) in [7, 11) is 1.60. The predicted molar refractivity (Wildman–Crippen MR) is 71.3 cm³/mol. The molecule has 0 bridgehead atoms. The molecule has 1 N–H and O–H groups in total. The molecular formula is C15H18O5. The van der Waals surface area contributed by atoms with E-state index in [0.717, 1.165) is 17.5 Å². The second-order valence-electron chi connectivity index (χ2n) is 5.29. The largest absolute Gasteiger partial charge is 0.486 e. The van der Waals surface area contributed by atoms with E-state index in [1.807, 2.05) is 12.1 Å². The van der Waals surface area contributed by atoms with Crippen LogP contribution in [0.5, 0.6) is 11.5 Å². The maximum Gasteiger partial charge on any atom is 0.314 e. The van der Waals surface area contributed by atoms with E-state index in [1.165, 1.54) is 0 Å². The van der Waals surface area contributed by atoms with E-state index in [9.17, 15) is 9.90 Å². The molecule has 0 amide bonds. The molecule has 5 nitrogen and oxygen atoms in total. The quantitative estimate of drug-likeness (QED) is 0.913. The zero-order valence-corrected chi connectivity index (χ0v) is 11.5. The van der Waals surface area contributed by atoms with Gasteiger partial charge < -0.3 is 19.3 Å². The summed E-state index contributed by atoms with van der Waals surface area (Å²) >= 11 is 0. The molecule has 0 atom stereocenters. The number of hydrogen-bond acceptors (Lipinski definition) is 4. The summed E-state index contributed by atoms with van der Waals surface area (Å²) in [5.74, 6) is 0.549. The molecule has 2 aliphatic rings. The molecule has 1 aromatic carbocycles. The van der Waals surface area contributed by atoms with Crippen LogP contribution in [0.1, 0.15) is 30.4 Å². The van der Waals surface area contributed by atoms with Crippen LogP contribution in [0.4, 0.5) is 0 Å². The van der Waals surface area contributed by atoms with Gasteiger partial charge in [-0.2, -0.15) is 0 Å². The summed E-state index contributed by atoms with van der Waals surface area (Å²) in [6, 6.07) is 3.67. The van der Waals surface area contributed by atoms with Crippen molar-refractivity contribution in [2.75, 3.05) is 20.3 Å². The number of benzene rings is 1. The van der Waals surface area contributed by atoms with Crippen molar-refractivity contribution in [3.05, 3.63) is 23.3 Å². The number of aliphatic carboxylic acids is 1. The summed E-state index contributed by atoms with van der Waals surface area (Å²) in [6.45, 7) is 1.33. The first-order valence-electron chi connectivity index (χ1n) is 6.83. The van der Waals surface area contributed by atoms with E-state index in [-0.39, 0.29) is 0 Å². The van der Waals surface area contributed by atoms with Crippen LogP contribution in [0.25, 0.3) is 0 Å². The van der Waals surface area contributed by atoms with Gasteiger partial charge in [-0.25, -0.2) is 0 Å². The summed E-state index contributed by atoms with van der Waals surface area (Å²) in [5, 5.41) is 9.62. The van der Waals surface area contributed by atoms with E-state index in [2.05, 4.69) is 0 Å². The highest BCUT2D eigenvalue weighted by Gasteiger charge is 2.48. The molecule has 0 saturated heterocycles.